The summed E-state index contributed by atoms with van der Waals surface area (Å²) in [5.41, 5.74) is 0.434. The van der Waals surface area contributed by atoms with Crippen LogP contribution in [-0.4, -0.2) is 35.2 Å². The van der Waals surface area contributed by atoms with Gasteiger partial charge < -0.3 is 14.2 Å². The smallest absolute Gasteiger partial charge is 0.349 e. The Morgan fingerprint density at radius 1 is 0.867 bits per heavy atom. The Morgan fingerprint density at radius 2 is 1.47 bits per heavy atom. The Kier molecular flexibility index (Phi) is 6.58. The zero-order chi connectivity index (χ0) is 21.6. The molecule has 7 nitrogen and oxygen atoms in total. The van der Waals surface area contributed by atoms with Gasteiger partial charge in [0.15, 0.2) is 18.1 Å². The maximum absolute atomic E-state index is 12.7. The minimum atomic E-state index is -3.68. The van der Waals surface area contributed by atoms with Gasteiger partial charge in [0.2, 0.25) is 0 Å². The molecule has 0 aromatic heterocycles. The summed E-state index contributed by atoms with van der Waals surface area (Å²) in [6, 6.07) is 21.3. The molecule has 0 heterocycles. The molecule has 0 atom stereocenters. The van der Waals surface area contributed by atoms with Gasteiger partial charge in [0.25, 0.3) is 10.0 Å². The molecule has 0 amide bonds. The van der Waals surface area contributed by atoms with Crippen LogP contribution in [0.1, 0.15) is 0 Å². The van der Waals surface area contributed by atoms with E-state index in [-0.39, 0.29) is 17.3 Å². The van der Waals surface area contributed by atoms with Gasteiger partial charge in [0, 0.05) is 7.05 Å². The Hall–Kier alpha value is -3.52. The number of hydrogen-bond donors (Lipinski definition) is 0. The third kappa shape index (κ3) is 4.90. The Balaban J connectivity index is 1.62. The van der Waals surface area contributed by atoms with Crippen LogP contribution in [0.15, 0.2) is 83.8 Å². The molecule has 0 aliphatic heterocycles. The lowest BCUT2D eigenvalue weighted by Crippen LogP contribution is -2.26. The molecule has 0 saturated carbocycles. The van der Waals surface area contributed by atoms with Crippen molar-refractivity contribution in [3.8, 4) is 17.2 Å². The fourth-order valence-electron chi connectivity index (χ4n) is 2.65. The van der Waals surface area contributed by atoms with Crippen molar-refractivity contribution in [2.75, 3.05) is 25.1 Å². The fraction of sp³-hybridized carbons (Fsp3) is 0.136. The number of hydrogen-bond acceptors (Lipinski definition) is 6. The largest absolute Gasteiger partial charge is 0.493 e. The SMILES string of the molecule is COc1ccccc1OCC(=O)Oc1ccc(N(C)S(=O)(=O)c2ccccc2)cc1. The van der Waals surface area contributed by atoms with Crippen molar-refractivity contribution in [3.63, 3.8) is 0 Å². The molecular weight excluding hydrogens is 406 g/mol. The van der Waals surface area contributed by atoms with E-state index in [1.165, 1.54) is 42.7 Å². The first-order valence-electron chi connectivity index (χ1n) is 9.02. The highest BCUT2D eigenvalue weighted by Gasteiger charge is 2.21. The molecule has 0 unspecified atom stereocenters. The number of sulfonamides is 1. The van der Waals surface area contributed by atoms with Crippen molar-refractivity contribution in [2.45, 2.75) is 4.90 Å². The van der Waals surface area contributed by atoms with Gasteiger partial charge in [-0.3, -0.25) is 4.31 Å². The average Bonchev–Trinajstić information content (AvgIpc) is 2.78. The normalized spacial score (nSPS) is 10.9. The molecule has 30 heavy (non-hydrogen) atoms. The zero-order valence-corrected chi connectivity index (χ0v) is 17.3. The highest BCUT2D eigenvalue weighted by atomic mass is 32.2. The number of esters is 1. The van der Waals surface area contributed by atoms with Gasteiger partial charge in [-0.1, -0.05) is 30.3 Å². The molecule has 0 spiro atoms. The lowest BCUT2D eigenvalue weighted by Gasteiger charge is -2.19. The first-order chi connectivity index (χ1) is 14.4. The number of para-hydroxylation sites is 2. The number of benzene rings is 3. The number of ether oxygens (including phenoxy) is 3. The van der Waals surface area contributed by atoms with Gasteiger partial charge in [0.05, 0.1) is 17.7 Å². The summed E-state index contributed by atoms with van der Waals surface area (Å²) >= 11 is 0. The van der Waals surface area contributed by atoms with E-state index in [4.69, 9.17) is 14.2 Å². The first-order valence-corrected chi connectivity index (χ1v) is 10.5. The zero-order valence-electron chi connectivity index (χ0n) is 16.5. The van der Waals surface area contributed by atoms with Crippen LogP contribution in [0.25, 0.3) is 0 Å². The highest BCUT2D eigenvalue weighted by Crippen LogP contribution is 2.26. The Bertz CT molecular complexity index is 1100. The van der Waals surface area contributed by atoms with E-state index in [2.05, 4.69) is 0 Å². The van der Waals surface area contributed by atoms with Crippen molar-refractivity contribution >= 4 is 21.7 Å². The molecular formula is C22H21NO6S. The summed E-state index contributed by atoms with van der Waals surface area (Å²) in [7, 11) is -0.706. The summed E-state index contributed by atoms with van der Waals surface area (Å²) < 4.78 is 42.4. The molecule has 0 bridgehead atoms. The van der Waals surface area contributed by atoms with E-state index < -0.39 is 16.0 Å². The third-order valence-electron chi connectivity index (χ3n) is 4.25. The first kappa shape index (κ1) is 21.2. The number of anilines is 1. The fourth-order valence-corrected chi connectivity index (χ4v) is 3.87. The molecule has 3 aromatic carbocycles. The monoisotopic (exact) mass is 427 g/mol. The molecule has 3 rings (SSSR count). The number of carbonyl (C=O) groups is 1. The topological polar surface area (TPSA) is 82.1 Å². The third-order valence-corrected chi connectivity index (χ3v) is 6.05. The van der Waals surface area contributed by atoms with Crippen molar-refractivity contribution in [1.29, 1.82) is 0 Å². The molecule has 0 N–H and O–H groups in total. The van der Waals surface area contributed by atoms with Crippen molar-refractivity contribution in [1.82, 2.24) is 0 Å². The Labute approximate surface area is 175 Å². The summed E-state index contributed by atoms with van der Waals surface area (Å²) in [6.45, 7) is -0.301. The van der Waals surface area contributed by atoms with Gasteiger partial charge in [-0.2, -0.15) is 0 Å². The van der Waals surface area contributed by atoms with Crippen LogP contribution < -0.4 is 18.5 Å². The van der Waals surface area contributed by atoms with Gasteiger partial charge in [-0.05, 0) is 48.5 Å². The van der Waals surface area contributed by atoms with Crippen LogP contribution in [0.4, 0.5) is 5.69 Å². The van der Waals surface area contributed by atoms with Crippen LogP contribution in [0.2, 0.25) is 0 Å². The second-order valence-electron chi connectivity index (χ2n) is 6.19. The van der Waals surface area contributed by atoms with Crippen molar-refractivity contribution in [3.05, 3.63) is 78.9 Å². The maximum atomic E-state index is 12.7. The molecule has 8 heteroatoms. The lowest BCUT2D eigenvalue weighted by molar-refractivity contribution is -0.136. The van der Waals surface area contributed by atoms with Crippen LogP contribution in [0.3, 0.4) is 0 Å². The summed E-state index contributed by atoms with van der Waals surface area (Å²) in [5, 5.41) is 0. The second-order valence-corrected chi connectivity index (χ2v) is 8.16. The summed E-state index contributed by atoms with van der Waals surface area (Å²) in [4.78, 5) is 12.2. The summed E-state index contributed by atoms with van der Waals surface area (Å²) in [5.74, 6) is 0.620. The molecule has 0 saturated heterocycles. The van der Waals surface area contributed by atoms with Gasteiger partial charge >= 0.3 is 5.97 Å². The molecule has 3 aromatic rings. The molecule has 156 valence electrons. The number of methoxy groups -OCH3 is 1. The molecule has 0 aliphatic carbocycles. The molecule has 0 fully saturated rings. The maximum Gasteiger partial charge on any atom is 0.349 e. The highest BCUT2D eigenvalue weighted by molar-refractivity contribution is 7.92. The average molecular weight is 427 g/mol. The van der Waals surface area contributed by atoms with E-state index in [1.54, 1.807) is 54.6 Å². The van der Waals surface area contributed by atoms with Crippen LogP contribution in [0.5, 0.6) is 17.2 Å². The van der Waals surface area contributed by atoms with Crippen LogP contribution in [-0.2, 0) is 14.8 Å². The minimum Gasteiger partial charge on any atom is -0.493 e. The van der Waals surface area contributed by atoms with E-state index in [9.17, 15) is 13.2 Å². The lowest BCUT2D eigenvalue weighted by atomic mass is 10.3. The molecule has 0 aliphatic rings. The van der Waals surface area contributed by atoms with Crippen LogP contribution in [0, 0.1) is 0 Å². The predicted molar refractivity (Wildman–Crippen MR) is 113 cm³/mol. The van der Waals surface area contributed by atoms with Crippen molar-refractivity contribution < 1.29 is 27.4 Å². The number of carbonyl (C=O) groups excluding carboxylic acids is 1. The molecule has 0 radical (unpaired) electrons. The van der Waals surface area contributed by atoms with Crippen LogP contribution >= 0.6 is 0 Å². The summed E-state index contributed by atoms with van der Waals surface area (Å²) in [6.07, 6.45) is 0. The quantitative estimate of drug-likeness (QED) is 0.404. The van der Waals surface area contributed by atoms with E-state index in [0.717, 1.165) is 0 Å². The van der Waals surface area contributed by atoms with Gasteiger partial charge in [-0.25, -0.2) is 13.2 Å². The number of rotatable bonds is 8. The van der Waals surface area contributed by atoms with Crippen molar-refractivity contribution in [2.24, 2.45) is 0 Å². The standard InChI is InChI=1S/C22H21NO6S/c1-23(30(25,26)19-8-4-3-5-9-19)17-12-14-18(15-13-17)29-22(24)16-28-21-11-7-6-10-20(21)27-2/h3-15H,16H2,1-2H3. The van der Waals surface area contributed by atoms with E-state index >= 15 is 0 Å². The Morgan fingerprint density at radius 3 is 2.10 bits per heavy atom. The van der Waals surface area contributed by atoms with Gasteiger partial charge in [0.1, 0.15) is 5.75 Å². The predicted octanol–water partition coefficient (Wildman–Crippen LogP) is 3.50. The van der Waals surface area contributed by atoms with Gasteiger partial charge in [-0.15, -0.1) is 0 Å². The minimum absolute atomic E-state index is 0.191. The number of nitrogens with zero attached hydrogens (tertiary/aromatic N) is 1. The van der Waals surface area contributed by atoms with E-state index in [1.807, 2.05) is 0 Å². The second kappa shape index (κ2) is 9.32. The van der Waals surface area contributed by atoms with E-state index in [0.29, 0.717) is 17.2 Å².